The van der Waals surface area contributed by atoms with E-state index in [2.05, 4.69) is 10.1 Å². The van der Waals surface area contributed by atoms with Crippen LogP contribution in [-0.4, -0.2) is 48.6 Å². The number of alkyl halides is 3. The Balaban J connectivity index is 2.62. The van der Waals surface area contributed by atoms with Crippen molar-refractivity contribution in [2.75, 3.05) is 11.9 Å². The third-order valence-corrected chi connectivity index (χ3v) is 5.19. The molecule has 194 valence electrons. The van der Waals surface area contributed by atoms with Crippen molar-refractivity contribution in [3.8, 4) is 5.75 Å². The lowest BCUT2D eigenvalue weighted by molar-refractivity contribution is -0.274. The van der Waals surface area contributed by atoms with Crippen LogP contribution < -0.4 is 15.9 Å². The van der Waals surface area contributed by atoms with Crippen LogP contribution >= 0.6 is 0 Å². The predicted octanol–water partition coefficient (Wildman–Crippen LogP) is 4.37. The molecule has 0 aliphatic heterocycles. The normalized spacial score (nSPS) is 14.1. The predicted molar refractivity (Wildman–Crippen MR) is 127 cm³/mol. The largest absolute Gasteiger partial charge is 0.573 e. The molecule has 12 heteroatoms. The fourth-order valence-electron chi connectivity index (χ4n) is 3.85. The van der Waals surface area contributed by atoms with E-state index in [1.165, 1.54) is 17.1 Å². The Morgan fingerprint density at radius 1 is 1.17 bits per heavy atom. The summed E-state index contributed by atoms with van der Waals surface area (Å²) in [5.74, 6) is 1.26. The summed E-state index contributed by atoms with van der Waals surface area (Å²) < 4.78 is 55.7. The van der Waals surface area contributed by atoms with Crippen LogP contribution in [0.2, 0.25) is 0 Å². The molecule has 2 rings (SSSR count). The maximum Gasteiger partial charge on any atom is 0.573 e. The lowest BCUT2D eigenvalue weighted by atomic mass is 9.81. The standard InChI is InChI=1S/C24H27F4N5O3/c1-14(2)12-33(31)22(16(10-29)11-30)21(20-6-4-3-5-15(20)13-34)23(35)32-18-7-17(25)8-19(9-18)36-24(26,27)28/h3-11,13-14,16,21-22,29-30H,12,31H2,1-2H3,(H,32,35). The molecule has 0 aliphatic rings. The highest BCUT2D eigenvalue weighted by molar-refractivity contribution is 5.99. The van der Waals surface area contributed by atoms with Gasteiger partial charge in [0, 0.05) is 48.3 Å². The fourth-order valence-corrected chi connectivity index (χ4v) is 3.85. The fraction of sp³-hybridized carbons (Fsp3) is 0.333. The number of anilines is 1. The number of nitrogens with zero attached hydrogens (tertiary/aromatic N) is 1. The van der Waals surface area contributed by atoms with Crippen LogP contribution in [0.1, 0.15) is 35.7 Å². The SMILES string of the molecule is CC(C)CN(N)C(C(C=N)C=N)C(C(=O)Nc1cc(F)cc(OC(F)(F)F)c1)c1ccccc1C=O. The second kappa shape index (κ2) is 12.4. The first kappa shape index (κ1) is 28.6. The van der Waals surface area contributed by atoms with E-state index >= 15 is 0 Å². The van der Waals surface area contributed by atoms with Crippen LogP contribution in [0.3, 0.4) is 0 Å². The van der Waals surface area contributed by atoms with Gasteiger partial charge in [0.05, 0.1) is 12.0 Å². The smallest absolute Gasteiger partial charge is 0.406 e. The van der Waals surface area contributed by atoms with Crippen molar-refractivity contribution in [1.82, 2.24) is 5.01 Å². The molecular weight excluding hydrogens is 482 g/mol. The highest BCUT2D eigenvalue weighted by Gasteiger charge is 2.39. The Morgan fingerprint density at radius 2 is 1.81 bits per heavy atom. The third-order valence-electron chi connectivity index (χ3n) is 5.19. The molecule has 2 atom stereocenters. The van der Waals surface area contributed by atoms with Crippen LogP contribution in [0.4, 0.5) is 23.2 Å². The quantitative estimate of drug-likeness (QED) is 0.111. The van der Waals surface area contributed by atoms with Gasteiger partial charge in [-0.1, -0.05) is 38.1 Å². The molecule has 0 heterocycles. The van der Waals surface area contributed by atoms with Crippen molar-refractivity contribution in [3.63, 3.8) is 0 Å². The maximum absolute atomic E-state index is 14.0. The average Bonchev–Trinajstić information content (AvgIpc) is 2.77. The summed E-state index contributed by atoms with van der Waals surface area (Å²) in [5.41, 5.74) is 0.0148. The Bertz CT molecular complexity index is 1090. The first-order valence-corrected chi connectivity index (χ1v) is 10.8. The summed E-state index contributed by atoms with van der Waals surface area (Å²) in [5, 5.41) is 19.2. The summed E-state index contributed by atoms with van der Waals surface area (Å²) in [7, 11) is 0. The number of halogens is 4. The van der Waals surface area contributed by atoms with Gasteiger partial charge in [-0.3, -0.25) is 15.4 Å². The lowest BCUT2D eigenvalue weighted by Gasteiger charge is -2.37. The van der Waals surface area contributed by atoms with Gasteiger partial charge in [0.15, 0.2) is 0 Å². The van der Waals surface area contributed by atoms with Crippen molar-refractivity contribution in [1.29, 1.82) is 10.8 Å². The van der Waals surface area contributed by atoms with Crippen LogP contribution in [0.5, 0.6) is 5.75 Å². The molecule has 8 nitrogen and oxygen atoms in total. The zero-order chi connectivity index (χ0) is 27.0. The first-order chi connectivity index (χ1) is 16.9. The second-order valence-electron chi connectivity index (χ2n) is 8.43. The average molecular weight is 510 g/mol. The molecule has 36 heavy (non-hydrogen) atoms. The Morgan fingerprint density at radius 3 is 2.36 bits per heavy atom. The lowest BCUT2D eigenvalue weighted by Crippen LogP contribution is -2.53. The summed E-state index contributed by atoms with van der Waals surface area (Å²) >= 11 is 0. The van der Waals surface area contributed by atoms with E-state index in [4.69, 9.17) is 16.7 Å². The minimum absolute atomic E-state index is 0.0185. The van der Waals surface area contributed by atoms with Gasteiger partial charge in [0.1, 0.15) is 17.9 Å². The molecule has 2 aromatic rings. The van der Waals surface area contributed by atoms with E-state index in [1.807, 2.05) is 13.8 Å². The van der Waals surface area contributed by atoms with Crippen LogP contribution in [-0.2, 0) is 4.79 Å². The molecule has 1 amide bonds. The Kier molecular flexibility index (Phi) is 9.82. The number of aldehydes is 1. The zero-order valence-electron chi connectivity index (χ0n) is 19.6. The number of nitrogens with two attached hydrogens (primary N) is 1. The summed E-state index contributed by atoms with van der Waals surface area (Å²) in [6.07, 6.45) is -2.70. The van der Waals surface area contributed by atoms with Crippen molar-refractivity contribution in [3.05, 3.63) is 59.4 Å². The minimum atomic E-state index is -5.08. The highest BCUT2D eigenvalue weighted by Crippen LogP contribution is 2.32. The van der Waals surface area contributed by atoms with Crippen LogP contribution in [0.15, 0.2) is 42.5 Å². The molecule has 2 aromatic carbocycles. The number of carbonyl (C=O) groups excluding carboxylic acids is 2. The van der Waals surface area contributed by atoms with Gasteiger partial charge < -0.3 is 20.9 Å². The Hall–Kier alpha value is -3.64. The number of hydrazine groups is 1. The highest BCUT2D eigenvalue weighted by atomic mass is 19.4. The van der Waals surface area contributed by atoms with E-state index < -0.39 is 41.7 Å². The number of nitrogens with one attached hydrogen (secondary N) is 3. The van der Waals surface area contributed by atoms with E-state index in [0.29, 0.717) is 12.4 Å². The van der Waals surface area contributed by atoms with Gasteiger partial charge in [-0.05, 0) is 17.5 Å². The van der Waals surface area contributed by atoms with Gasteiger partial charge in [-0.2, -0.15) is 0 Å². The second-order valence-corrected chi connectivity index (χ2v) is 8.43. The molecule has 0 spiro atoms. The summed E-state index contributed by atoms with van der Waals surface area (Å²) in [6.45, 7) is 3.98. The molecule has 0 bridgehead atoms. The number of hydrogen-bond donors (Lipinski definition) is 4. The molecule has 2 unspecified atom stereocenters. The van der Waals surface area contributed by atoms with Gasteiger partial charge in [-0.15, -0.1) is 13.2 Å². The minimum Gasteiger partial charge on any atom is -0.406 e. The monoisotopic (exact) mass is 509 g/mol. The zero-order valence-corrected chi connectivity index (χ0v) is 19.6. The number of rotatable bonds is 12. The van der Waals surface area contributed by atoms with Gasteiger partial charge in [-0.25, -0.2) is 9.40 Å². The summed E-state index contributed by atoms with van der Waals surface area (Å²) in [4.78, 5) is 25.4. The molecular formula is C24H27F4N5O3. The van der Waals surface area contributed by atoms with Crippen LogP contribution in [0.25, 0.3) is 0 Å². The maximum atomic E-state index is 14.0. The van der Waals surface area contributed by atoms with Crippen molar-refractivity contribution < 1.29 is 31.9 Å². The van der Waals surface area contributed by atoms with Gasteiger partial charge in [0.2, 0.25) is 5.91 Å². The van der Waals surface area contributed by atoms with E-state index in [9.17, 15) is 27.2 Å². The van der Waals surface area contributed by atoms with Gasteiger partial charge in [0.25, 0.3) is 0 Å². The number of hydrogen-bond acceptors (Lipinski definition) is 7. The molecule has 5 N–H and O–H groups in total. The number of benzene rings is 2. The molecule has 0 radical (unpaired) electrons. The van der Waals surface area contributed by atoms with E-state index in [1.54, 1.807) is 12.1 Å². The van der Waals surface area contributed by atoms with Crippen molar-refractivity contribution >= 4 is 30.3 Å². The third kappa shape index (κ3) is 7.68. The van der Waals surface area contributed by atoms with Crippen molar-refractivity contribution in [2.45, 2.75) is 32.2 Å². The summed E-state index contributed by atoms with van der Waals surface area (Å²) in [6, 6.07) is 7.18. The first-order valence-electron chi connectivity index (χ1n) is 10.8. The molecule has 0 aromatic heterocycles. The molecule has 0 saturated carbocycles. The Labute approximate surface area is 205 Å². The van der Waals surface area contributed by atoms with Gasteiger partial charge >= 0.3 is 6.36 Å². The van der Waals surface area contributed by atoms with Crippen molar-refractivity contribution in [2.24, 2.45) is 17.7 Å². The number of ether oxygens (including phenoxy) is 1. The van der Waals surface area contributed by atoms with E-state index in [0.717, 1.165) is 24.6 Å². The number of carbonyl (C=O) groups is 2. The molecule has 0 fully saturated rings. The topological polar surface area (TPSA) is 132 Å². The van der Waals surface area contributed by atoms with Crippen LogP contribution in [0, 0.1) is 28.5 Å². The van der Waals surface area contributed by atoms with E-state index in [-0.39, 0.29) is 29.3 Å². The molecule has 0 aliphatic carbocycles. The number of amides is 1. The molecule has 0 saturated heterocycles.